The summed E-state index contributed by atoms with van der Waals surface area (Å²) in [5, 5.41) is 7.40. The SMILES string of the molecule is Fc1ccc(Cl)c(CN2CCNC3=C2C=C(Nc2cccc(N4CCOCC4)c2)[NH2+]N3)c1Cl. The monoisotopic (exact) mass is 491 g/mol. The molecular weight excluding hydrogens is 466 g/mol. The second-order valence-corrected chi connectivity index (χ2v) is 8.88. The van der Waals surface area contributed by atoms with Crippen molar-refractivity contribution in [2.45, 2.75) is 6.54 Å². The Morgan fingerprint density at radius 3 is 2.82 bits per heavy atom. The largest absolute Gasteiger partial charge is 0.378 e. The van der Waals surface area contributed by atoms with E-state index in [4.69, 9.17) is 27.9 Å². The van der Waals surface area contributed by atoms with Crippen LogP contribution in [-0.4, -0.2) is 44.3 Å². The number of halogens is 3. The number of allylic oxidation sites excluding steroid dienone is 1. The van der Waals surface area contributed by atoms with E-state index in [0.717, 1.165) is 62.4 Å². The van der Waals surface area contributed by atoms with Gasteiger partial charge in [-0.05, 0) is 30.3 Å². The maximum Gasteiger partial charge on any atom is 0.229 e. The number of anilines is 2. The topological polar surface area (TPSA) is 68.4 Å². The van der Waals surface area contributed by atoms with Crippen molar-refractivity contribution >= 4 is 34.6 Å². The van der Waals surface area contributed by atoms with Gasteiger partial charge in [0.2, 0.25) is 5.82 Å². The van der Waals surface area contributed by atoms with Gasteiger partial charge < -0.3 is 25.2 Å². The molecular formula is C23H26Cl2FN6O+. The van der Waals surface area contributed by atoms with Crippen molar-refractivity contribution in [2.75, 3.05) is 49.6 Å². The normalized spacial score (nSPS) is 18.3. The molecule has 2 aromatic carbocycles. The molecule has 0 bridgehead atoms. The molecule has 0 saturated carbocycles. The van der Waals surface area contributed by atoms with Crippen molar-refractivity contribution < 1.29 is 14.6 Å². The van der Waals surface area contributed by atoms with Crippen molar-refractivity contribution in [1.82, 2.24) is 15.6 Å². The second kappa shape index (κ2) is 9.69. The third-order valence-electron chi connectivity index (χ3n) is 5.94. The van der Waals surface area contributed by atoms with Crippen LogP contribution in [0.4, 0.5) is 15.8 Å². The molecule has 0 unspecified atom stereocenters. The number of morpholine rings is 1. The molecule has 1 saturated heterocycles. The van der Waals surface area contributed by atoms with E-state index in [9.17, 15) is 4.39 Å². The van der Waals surface area contributed by atoms with Crippen LogP contribution >= 0.6 is 23.2 Å². The lowest BCUT2D eigenvalue weighted by atomic mass is 10.1. The third-order valence-corrected chi connectivity index (χ3v) is 6.71. The van der Waals surface area contributed by atoms with E-state index in [1.54, 1.807) is 6.07 Å². The first-order valence-electron chi connectivity index (χ1n) is 11.0. The van der Waals surface area contributed by atoms with Crippen LogP contribution in [0, 0.1) is 5.82 Å². The fourth-order valence-corrected chi connectivity index (χ4v) is 4.71. The number of ether oxygens (including phenoxy) is 1. The first kappa shape index (κ1) is 22.2. The lowest BCUT2D eigenvalue weighted by Crippen LogP contribution is -2.94. The number of hydrogen-bond acceptors (Lipinski definition) is 6. The van der Waals surface area contributed by atoms with Crippen molar-refractivity contribution in [1.29, 1.82) is 0 Å². The molecule has 3 heterocycles. The van der Waals surface area contributed by atoms with Gasteiger partial charge in [0.15, 0.2) is 5.82 Å². The summed E-state index contributed by atoms with van der Waals surface area (Å²) in [6.45, 7) is 5.18. The zero-order valence-electron chi connectivity index (χ0n) is 18.0. The number of nitrogens with one attached hydrogen (secondary N) is 3. The predicted molar refractivity (Wildman–Crippen MR) is 128 cm³/mol. The summed E-state index contributed by atoms with van der Waals surface area (Å²) in [6.07, 6.45) is 2.07. The quantitative estimate of drug-likeness (QED) is 0.380. The highest BCUT2D eigenvalue weighted by Gasteiger charge is 2.26. The third kappa shape index (κ3) is 4.84. The Hall–Kier alpha value is -2.65. The number of nitrogens with two attached hydrogens (primary N) is 1. The van der Waals surface area contributed by atoms with Crippen LogP contribution in [0.3, 0.4) is 0 Å². The summed E-state index contributed by atoms with van der Waals surface area (Å²) < 4.78 is 19.5. The van der Waals surface area contributed by atoms with Gasteiger partial charge in [0.25, 0.3) is 0 Å². The molecule has 5 N–H and O–H groups in total. The van der Waals surface area contributed by atoms with Crippen LogP contribution < -0.4 is 26.4 Å². The van der Waals surface area contributed by atoms with E-state index in [1.807, 2.05) is 11.5 Å². The van der Waals surface area contributed by atoms with E-state index in [1.165, 1.54) is 11.8 Å². The zero-order valence-corrected chi connectivity index (χ0v) is 19.5. The minimum atomic E-state index is -0.464. The first-order chi connectivity index (χ1) is 16.1. The van der Waals surface area contributed by atoms with Crippen molar-refractivity contribution in [2.24, 2.45) is 0 Å². The summed E-state index contributed by atoms with van der Waals surface area (Å²) in [4.78, 5) is 4.47. The van der Waals surface area contributed by atoms with Crippen LogP contribution in [-0.2, 0) is 11.3 Å². The molecule has 1 fully saturated rings. The van der Waals surface area contributed by atoms with Crippen molar-refractivity contribution in [3.05, 3.63) is 81.2 Å². The summed E-state index contributed by atoms with van der Waals surface area (Å²) in [7, 11) is 0. The fourth-order valence-electron chi connectivity index (χ4n) is 4.22. The van der Waals surface area contributed by atoms with Gasteiger partial charge in [0.05, 0.1) is 23.9 Å². The molecule has 2 aromatic rings. The number of rotatable bonds is 5. The molecule has 10 heteroatoms. The maximum atomic E-state index is 14.0. The Morgan fingerprint density at radius 1 is 1.12 bits per heavy atom. The molecule has 0 aliphatic carbocycles. The molecule has 0 atom stereocenters. The molecule has 33 heavy (non-hydrogen) atoms. The zero-order chi connectivity index (χ0) is 22.8. The molecule has 5 rings (SSSR count). The minimum Gasteiger partial charge on any atom is -0.378 e. The molecule has 0 amide bonds. The van der Waals surface area contributed by atoms with E-state index in [-0.39, 0.29) is 5.02 Å². The molecule has 3 aliphatic rings. The Balaban J connectivity index is 1.36. The Bertz CT molecular complexity index is 1100. The molecule has 0 spiro atoms. The summed E-state index contributed by atoms with van der Waals surface area (Å²) in [5.74, 6) is 1.35. The number of quaternary nitrogens is 1. The van der Waals surface area contributed by atoms with Gasteiger partial charge in [-0.15, -0.1) is 0 Å². The van der Waals surface area contributed by atoms with E-state index in [0.29, 0.717) is 17.1 Å². The minimum absolute atomic E-state index is 0.0702. The number of hydrogen-bond donors (Lipinski definition) is 4. The predicted octanol–water partition coefficient (Wildman–Crippen LogP) is 2.58. The summed E-state index contributed by atoms with van der Waals surface area (Å²) in [5.41, 5.74) is 8.98. The van der Waals surface area contributed by atoms with Gasteiger partial charge in [-0.2, -0.15) is 5.43 Å². The van der Waals surface area contributed by atoms with E-state index >= 15 is 0 Å². The van der Waals surface area contributed by atoms with Crippen LogP contribution in [0.5, 0.6) is 0 Å². The Kier molecular flexibility index (Phi) is 6.50. The molecule has 0 aromatic heterocycles. The average Bonchev–Trinajstić information content (AvgIpc) is 2.85. The van der Waals surface area contributed by atoms with Gasteiger partial charge in [-0.25, -0.2) is 9.82 Å². The lowest BCUT2D eigenvalue weighted by molar-refractivity contribution is -0.659. The first-order valence-corrected chi connectivity index (χ1v) is 11.7. The molecule has 0 radical (unpaired) electrons. The van der Waals surface area contributed by atoms with E-state index in [2.05, 4.69) is 50.1 Å². The Labute approximate surface area is 202 Å². The highest BCUT2D eigenvalue weighted by molar-refractivity contribution is 6.36. The number of nitrogens with zero attached hydrogens (tertiary/aromatic N) is 2. The van der Waals surface area contributed by atoms with Crippen LogP contribution in [0.15, 0.2) is 59.8 Å². The second-order valence-electron chi connectivity index (χ2n) is 8.09. The van der Waals surface area contributed by atoms with Gasteiger partial charge in [0.1, 0.15) is 5.82 Å². The highest BCUT2D eigenvalue weighted by atomic mass is 35.5. The van der Waals surface area contributed by atoms with Gasteiger partial charge in [0, 0.05) is 60.8 Å². The number of benzene rings is 2. The summed E-state index contributed by atoms with van der Waals surface area (Å²) >= 11 is 12.6. The standard InChI is InChI=1S/C23H25Cl2FN6O/c24-18-4-5-19(26)22(25)17(18)14-32-7-6-27-23-20(32)13-21(29-30-23)28-15-2-1-3-16(12-15)31-8-10-33-11-9-31/h1-5,12-13,27-30H,6-11,14H2/p+1. The maximum absolute atomic E-state index is 14.0. The fraction of sp³-hybridized carbons (Fsp3) is 0.304. The highest BCUT2D eigenvalue weighted by Crippen LogP contribution is 2.30. The lowest BCUT2D eigenvalue weighted by Gasteiger charge is -2.35. The van der Waals surface area contributed by atoms with Crippen molar-refractivity contribution in [3.8, 4) is 0 Å². The smallest absolute Gasteiger partial charge is 0.229 e. The molecule has 7 nitrogen and oxygen atoms in total. The van der Waals surface area contributed by atoms with Crippen LogP contribution in [0.1, 0.15) is 5.56 Å². The van der Waals surface area contributed by atoms with Gasteiger partial charge in [-0.1, -0.05) is 29.3 Å². The van der Waals surface area contributed by atoms with Crippen molar-refractivity contribution in [3.63, 3.8) is 0 Å². The van der Waals surface area contributed by atoms with Crippen LogP contribution in [0.2, 0.25) is 10.0 Å². The molecule has 3 aliphatic heterocycles. The summed E-state index contributed by atoms with van der Waals surface area (Å²) in [6, 6.07) is 11.2. The Morgan fingerprint density at radius 2 is 1.97 bits per heavy atom. The van der Waals surface area contributed by atoms with Crippen LogP contribution in [0.25, 0.3) is 0 Å². The van der Waals surface area contributed by atoms with Gasteiger partial charge >= 0.3 is 0 Å². The average molecular weight is 492 g/mol. The van der Waals surface area contributed by atoms with Gasteiger partial charge in [-0.3, -0.25) is 0 Å². The van der Waals surface area contributed by atoms with E-state index < -0.39 is 5.82 Å². The molecule has 174 valence electrons.